The number of carboxylic acid groups (broad SMARTS) is 2. The molecule has 176 valence electrons. The van der Waals surface area contributed by atoms with E-state index in [4.69, 9.17) is 14.9 Å². The number of carbonyl (C=O) groups excluding carboxylic acids is 2. The second-order valence-corrected chi connectivity index (χ2v) is 8.39. The van der Waals surface area contributed by atoms with Crippen molar-refractivity contribution in [1.29, 1.82) is 5.26 Å². The average molecular weight is 467 g/mol. The van der Waals surface area contributed by atoms with Crippen LogP contribution >= 0.6 is 0 Å². The van der Waals surface area contributed by atoms with Crippen molar-refractivity contribution in [2.75, 3.05) is 13.1 Å². The van der Waals surface area contributed by atoms with Crippen molar-refractivity contribution in [3.8, 4) is 23.3 Å². The molecule has 3 aromatic rings. The summed E-state index contributed by atoms with van der Waals surface area (Å²) in [5.41, 5.74) is 1.21. The highest BCUT2D eigenvalue weighted by molar-refractivity contribution is 5.92. The van der Waals surface area contributed by atoms with Crippen molar-refractivity contribution in [3.05, 3.63) is 41.0 Å². The second-order valence-electron chi connectivity index (χ2n) is 8.39. The topological polar surface area (TPSA) is 178 Å². The fourth-order valence-electron chi connectivity index (χ4n) is 3.24. The predicted molar refractivity (Wildman–Crippen MR) is 117 cm³/mol. The van der Waals surface area contributed by atoms with Gasteiger partial charge < -0.3 is 14.9 Å². The summed E-state index contributed by atoms with van der Waals surface area (Å²) >= 11 is 0. The third-order valence-electron chi connectivity index (χ3n) is 4.92. The first-order chi connectivity index (χ1) is 16.0. The Hall–Kier alpha value is -4.66. The molecule has 3 rings (SSSR count). The number of nitriles is 1. The van der Waals surface area contributed by atoms with E-state index >= 15 is 0 Å². The molecule has 0 aliphatic rings. The number of rotatable bonds is 7. The quantitative estimate of drug-likeness (QED) is 0.440. The first-order valence-electron chi connectivity index (χ1n) is 9.97. The van der Waals surface area contributed by atoms with Crippen molar-refractivity contribution < 1.29 is 34.1 Å². The molecule has 3 N–H and O–H groups in total. The summed E-state index contributed by atoms with van der Waals surface area (Å²) in [5.74, 6) is -3.03. The Kier molecular flexibility index (Phi) is 6.40. The summed E-state index contributed by atoms with van der Waals surface area (Å²) < 4.78 is 6.28. The SMILES string of the molecule is CC(C)(C)c1ccc(-c2nc3c(C=O)c(C#N)c(OC(=O)N(CC(=O)O)CC(=O)O)n3[nH]2)cc1. The van der Waals surface area contributed by atoms with Gasteiger partial charge in [-0.1, -0.05) is 45.0 Å². The van der Waals surface area contributed by atoms with Crippen LogP contribution < -0.4 is 4.74 Å². The standard InChI is InChI=1S/C22H21N5O7/c1-22(2,3)13-6-4-12(5-7-13)18-24-19-15(11-28)14(8-23)20(27(19)25-18)34-21(33)26(9-16(29)30)10-17(31)32/h4-7,11H,9-10H2,1-3H3,(H,24,25)(H,29,30)(H,31,32). The zero-order chi connectivity index (χ0) is 25.2. The lowest BCUT2D eigenvalue weighted by Gasteiger charge is -2.18. The number of hydrogen-bond acceptors (Lipinski definition) is 7. The number of carbonyl (C=O) groups is 4. The Labute approximate surface area is 193 Å². The van der Waals surface area contributed by atoms with Crippen molar-refractivity contribution in [3.63, 3.8) is 0 Å². The van der Waals surface area contributed by atoms with Crippen molar-refractivity contribution >= 4 is 30.0 Å². The van der Waals surface area contributed by atoms with Crippen LogP contribution in [0.5, 0.6) is 5.88 Å². The summed E-state index contributed by atoms with van der Waals surface area (Å²) in [4.78, 5) is 51.0. The lowest BCUT2D eigenvalue weighted by atomic mass is 9.87. The molecule has 0 unspecified atom stereocenters. The first kappa shape index (κ1) is 24.0. The molecule has 0 saturated carbocycles. The summed E-state index contributed by atoms with van der Waals surface area (Å²) in [6, 6.07) is 9.24. The minimum atomic E-state index is -1.46. The Balaban J connectivity index is 2.06. The minimum Gasteiger partial charge on any atom is -0.480 e. The molecule has 0 spiro atoms. The van der Waals surface area contributed by atoms with Crippen LogP contribution in [0.1, 0.15) is 42.3 Å². The van der Waals surface area contributed by atoms with Crippen LogP contribution in [0.3, 0.4) is 0 Å². The summed E-state index contributed by atoms with van der Waals surface area (Å²) in [6.45, 7) is 4.30. The zero-order valence-electron chi connectivity index (χ0n) is 18.5. The predicted octanol–water partition coefficient (Wildman–Crippen LogP) is 2.28. The molecule has 0 fully saturated rings. The maximum atomic E-state index is 12.5. The maximum Gasteiger partial charge on any atom is 0.417 e. The van der Waals surface area contributed by atoms with E-state index in [1.165, 1.54) is 0 Å². The van der Waals surface area contributed by atoms with Crippen LogP contribution in [0.4, 0.5) is 4.79 Å². The highest BCUT2D eigenvalue weighted by atomic mass is 16.6. The highest BCUT2D eigenvalue weighted by Gasteiger charge is 2.28. The number of fused-ring (bicyclic) bond motifs is 1. The van der Waals surface area contributed by atoms with Gasteiger partial charge in [-0.25, -0.2) is 14.3 Å². The largest absolute Gasteiger partial charge is 0.480 e. The van der Waals surface area contributed by atoms with Crippen LogP contribution in [0.2, 0.25) is 0 Å². The lowest BCUT2D eigenvalue weighted by molar-refractivity contribution is -0.140. The van der Waals surface area contributed by atoms with E-state index in [-0.39, 0.29) is 22.2 Å². The molecular weight excluding hydrogens is 446 g/mol. The number of hydrogen-bond donors (Lipinski definition) is 3. The van der Waals surface area contributed by atoms with Gasteiger partial charge in [0.05, 0.1) is 5.56 Å². The van der Waals surface area contributed by atoms with Gasteiger partial charge in [-0.15, -0.1) is 0 Å². The lowest BCUT2D eigenvalue weighted by Crippen LogP contribution is -2.41. The Morgan fingerprint density at radius 3 is 2.24 bits per heavy atom. The summed E-state index contributed by atoms with van der Waals surface area (Å²) in [5, 5.41) is 30.3. The molecule has 0 aliphatic heterocycles. The van der Waals surface area contributed by atoms with E-state index in [1.54, 1.807) is 6.07 Å². The zero-order valence-corrected chi connectivity index (χ0v) is 18.5. The molecule has 2 heterocycles. The van der Waals surface area contributed by atoms with Crippen LogP contribution in [-0.2, 0) is 15.0 Å². The van der Waals surface area contributed by atoms with E-state index in [2.05, 4.69) is 30.9 Å². The van der Waals surface area contributed by atoms with Gasteiger partial charge in [-0.3, -0.25) is 24.4 Å². The van der Waals surface area contributed by atoms with Gasteiger partial charge in [0.1, 0.15) is 24.7 Å². The number of amides is 1. The minimum absolute atomic E-state index is 0.00673. The van der Waals surface area contributed by atoms with Crippen molar-refractivity contribution in [2.24, 2.45) is 0 Å². The number of benzene rings is 1. The summed E-state index contributed by atoms with van der Waals surface area (Å²) in [6.07, 6.45) is -0.950. The number of H-pyrrole nitrogens is 1. The van der Waals surface area contributed by atoms with E-state index in [1.807, 2.05) is 24.3 Å². The van der Waals surface area contributed by atoms with Gasteiger partial charge in [0, 0.05) is 5.56 Å². The second kappa shape index (κ2) is 9.07. The molecule has 0 saturated heterocycles. The molecule has 0 radical (unpaired) electrons. The third kappa shape index (κ3) is 4.73. The number of nitrogens with one attached hydrogen (secondary N) is 1. The smallest absolute Gasteiger partial charge is 0.417 e. The molecule has 2 aromatic heterocycles. The van der Waals surface area contributed by atoms with E-state index in [0.717, 1.165) is 10.1 Å². The Bertz CT molecular complexity index is 1310. The van der Waals surface area contributed by atoms with Gasteiger partial charge in [0.2, 0.25) is 5.88 Å². The number of aromatic nitrogens is 3. The molecular formula is C22H21N5O7. The average Bonchev–Trinajstić information content (AvgIpc) is 3.29. The Morgan fingerprint density at radius 1 is 1.18 bits per heavy atom. The maximum absolute atomic E-state index is 12.5. The fourth-order valence-corrected chi connectivity index (χ4v) is 3.24. The van der Waals surface area contributed by atoms with E-state index in [9.17, 15) is 24.4 Å². The number of carboxylic acids is 2. The molecule has 12 nitrogen and oxygen atoms in total. The third-order valence-corrected chi connectivity index (χ3v) is 4.92. The number of aromatic amines is 1. The first-order valence-corrected chi connectivity index (χ1v) is 9.97. The van der Waals surface area contributed by atoms with Gasteiger partial charge in [0.15, 0.2) is 17.8 Å². The van der Waals surface area contributed by atoms with Crippen LogP contribution in [0.25, 0.3) is 17.0 Å². The molecule has 1 amide bonds. The van der Waals surface area contributed by atoms with E-state index in [0.29, 0.717) is 22.6 Å². The number of nitrogens with zero attached hydrogens (tertiary/aromatic N) is 4. The molecule has 12 heteroatoms. The monoisotopic (exact) mass is 467 g/mol. The van der Waals surface area contributed by atoms with Gasteiger partial charge in [0.25, 0.3) is 0 Å². The van der Waals surface area contributed by atoms with E-state index < -0.39 is 37.0 Å². The van der Waals surface area contributed by atoms with Crippen molar-refractivity contribution in [2.45, 2.75) is 26.2 Å². The molecule has 1 aromatic carbocycles. The van der Waals surface area contributed by atoms with Gasteiger partial charge >= 0.3 is 18.0 Å². The van der Waals surface area contributed by atoms with Crippen LogP contribution in [0, 0.1) is 11.3 Å². The number of aliphatic carboxylic acids is 2. The normalized spacial score (nSPS) is 11.1. The molecule has 34 heavy (non-hydrogen) atoms. The molecule has 0 atom stereocenters. The Morgan fingerprint density at radius 2 is 1.76 bits per heavy atom. The van der Waals surface area contributed by atoms with Gasteiger partial charge in [-0.05, 0) is 11.0 Å². The van der Waals surface area contributed by atoms with Gasteiger partial charge in [-0.2, -0.15) is 5.26 Å². The fraction of sp³-hybridized carbons (Fsp3) is 0.273. The molecule has 0 bridgehead atoms. The van der Waals surface area contributed by atoms with Crippen LogP contribution in [0.15, 0.2) is 24.3 Å². The number of ether oxygens (including phenoxy) is 1. The van der Waals surface area contributed by atoms with Crippen LogP contribution in [-0.4, -0.2) is 67.1 Å². The number of aldehydes is 1. The highest BCUT2D eigenvalue weighted by Crippen LogP contribution is 2.31. The van der Waals surface area contributed by atoms with Crippen molar-refractivity contribution in [1.82, 2.24) is 19.5 Å². The molecule has 0 aliphatic carbocycles. The summed E-state index contributed by atoms with van der Waals surface area (Å²) in [7, 11) is 0.